The van der Waals surface area contributed by atoms with Gasteiger partial charge in [0.25, 0.3) is 0 Å². The van der Waals surface area contributed by atoms with Gasteiger partial charge in [-0.3, -0.25) is 0 Å². The fraction of sp³-hybridized carbons (Fsp3) is 0.250. The quantitative estimate of drug-likeness (QED) is 0.722. The van der Waals surface area contributed by atoms with Crippen molar-refractivity contribution in [1.82, 2.24) is 5.32 Å². The van der Waals surface area contributed by atoms with Crippen LogP contribution in [0.25, 0.3) is 0 Å². The summed E-state index contributed by atoms with van der Waals surface area (Å²) in [5, 5.41) is 3.20. The van der Waals surface area contributed by atoms with Gasteiger partial charge in [0.1, 0.15) is 18.2 Å². The van der Waals surface area contributed by atoms with Crippen LogP contribution in [0.15, 0.2) is 45.3 Å². The molecule has 2 aromatic carbocycles. The molecule has 21 heavy (non-hydrogen) atoms. The van der Waals surface area contributed by atoms with Gasteiger partial charge >= 0.3 is 0 Å². The molecule has 0 aliphatic carbocycles. The summed E-state index contributed by atoms with van der Waals surface area (Å²) in [5.74, 6) is 0.517. The molecule has 1 atom stereocenters. The van der Waals surface area contributed by atoms with E-state index >= 15 is 0 Å². The summed E-state index contributed by atoms with van der Waals surface area (Å²) in [7, 11) is 1.90. The fourth-order valence-electron chi connectivity index (χ4n) is 2.00. The van der Waals surface area contributed by atoms with Gasteiger partial charge in [0.2, 0.25) is 0 Å². The lowest BCUT2D eigenvalue weighted by Crippen LogP contribution is -2.13. The number of hydrogen-bond donors (Lipinski definition) is 1. The van der Waals surface area contributed by atoms with Crippen LogP contribution in [0, 0.1) is 5.82 Å². The maximum Gasteiger partial charge on any atom is 0.124 e. The molecule has 0 bridgehead atoms. The molecule has 2 rings (SSSR count). The van der Waals surface area contributed by atoms with Gasteiger partial charge in [-0.25, -0.2) is 4.39 Å². The number of halogens is 3. The first-order valence-electron chi connectivity index (χ1n) is 6.54. The maximum atomic E-state index is 13.4. The number of benzene rings is 2. The molecule has 1 N–H and O–H groups in total. The van der Waals surface area contributed by atoms with Gasteiger partial charge in [0.15, 0.2) is 0 Å². The second-order valence-electron chi connectivity index (χ2n) is 4.76. The monoisotopic (exact) mass is 415 g/mol. The Balaban J connectivity index is 2.19. The summed E-state index contributed by atoms with van der Waals surface area (Å²) >= 11 is 6.76. The predicted molar refractivity (Wildman–Crippen MR) is 90.0 cm³/mol. The molecule has 0 amide bonds. The zero-order valence-electron chi connectivity index (χ0n) is 11.8. The van der Waals surface area contributed by atoms with Gasteiger partial charge in [0, 0.05) is 20.6 Å². The lowest BCUT2D eigenvalue weighted by Gasteiger charge is -2.17. The van der Waals surface area contributed by atoms with Crippen LogP contribution in [0.5, 0.6) is 5.75 Å². The van der Waals surface area contributed by atoms with E-state index in [1.165, 1.54) is 12.1 Å². The summed E-state index contributed by atoms with van der Waals surface area (Å²) in [5.41, 5.74) is 1.84. The molecule has 0 fully saturated rings. The molecule has 5 heteroatoms. The Morgan fingerprint density at radius 1 is 1.14 bits per heavy atom. The Kier molecular flexibility index (Phi) is 5.79. The van der Waals surface area contributed by atoms with E-state index in [-0.39, 0.29) is 11.9 Å². The van der Waals surface area contributed by atoms with Crippen molar-refractivity contribution < 1.29 is 9.13 Å². The van der Waals surface area contributed by atoms with Crippen LogP contribution in [-0.4, -0.2) is 7.05 Å². The minimum absolute atomic E-state index is 0.164. The Bertz CT molecular complexity index is 613. The largest absolute Gasteiger partial charge is 0.489 e. The summed E-state index contributed by atoms with van der Waals surface area (Å²) in [6.45, 7) is 2.38. The van der Waals surface area contributed by atoms with E-state index in [1.54, 1.807) is 0 Å². The third-order valence-corrected chi connectivity index (χ3v) is 4.14. The van der Waals surface area contributed by atoms with Gasteiger partial charge in [-0.15, -0.1) is 0 Å². The summed E-state index contributed by atoms with van der Waals surface area (Å²) < 4.78 is 20.9. The zero-order chi connectivity index (χ0) is 15.4. The molecule has 0 heterocycles. The molecule has 0 saturated heterocycles. The molecule has 0 aliphatic heterocycles. The van der Waals surface area contributed by atoms with Crippen LogP contribution < -0.4 is 10.1 Å². The van der Waals surface area contributed by atoms with Crippen molar-refractivity contribution in [3.05, 3.63) is 62.3 Å². The summed E-state index contributed by atoms with van der Waals surface area (Å²) in [6, 6.07) is 10.8. The minimum Gasteiger partial charge on any atom is -0.489 e. The lowest BCUT2D eigenvalue weighted by molar-refractivity contribution is 0.299. The van der Waals surface area contributed by atoms with Crippen molar-refractivity contribution in [2.24, 2.45) is 0 Å². The number of ether oxygens (including phenoxy) is 1. The zero-order valence-corrected chi connectivity index (χ0v) is 15.0. The SMILES string of the molecule is CNC(C)c1cc(Br)ccc1OCc1cc(F)cc(Br)c1. The van der Waals surface area contributed by atoms with Crippen LogP contribution in [-0.2, 0) is 6.61 Å². The van der Waals surface area contributed by atoms with Gasteiger partial charge in [-0.05, 0) is 55.9 Å². The molecule has 0 saturated carbocycles. The van der Waals surface area contributed by atoms with Crippen LogP contribution in [0.2, 0.25) is 0 Å². The highest BCUT2D eigenvalue weighted by Crippen LogP contribution is 2.29. The number of nitrogens with one attached hydrogen (secondary N) is 1. The van der Waals surface area contributed by atoms with Crippen molar-refractivity contribution in [2.75, 3.05) is 7.05 Å². The third kappa shape index (κ3) is 4.53. The van der Waals surface area contributed by atoms with Crippen LogP contribution in [0.4, 0.5) is 4.39 Å². The minimum atomic E-state index is -0.275. The van der Waals surface area contributed by atoms with E-state index in [2.05, 4.69) is 44.1 Å². The average Bonchev–Trinajstić information content (AvgIpc) is 2.44. The highest BCUT2D eigenvalue weighted by molar-refractivity contribution is 9.10. The molecule has 0 radical (unpaired) electrons. The Morgan fingerprint density at radius 3 is 2.57 bits per heavy atom. The molecule has 0 aliphatic rings. The molecule has 2 aromatic rings. The Hall–Kier alpha value is -0.910. The van der Waals surface area contributed by atoms with Crippen molar-refractivity contribution in [3.63, 3.8) is 0 Å². The van der Waals surface area contributed by atoms with Crippen LogP contribution in [0.3, 0.4) is 0 Å². The van der Waals surface area contributed by atoms with Gasteiger partial charge in [0.05, 0.1) is 0 Å². The number of rotatable bonds is 5. The van der Waals surface area contributed by atoms with Crippen LogP contribution in [0.1, 0.15) is 24.1 Å². The Morgan fingerprint density at radius 2 is 1.90 bits per heavy atom. The van der Waals surface area contributed by atoms with E-state index in [0.29, 0.717) is 11.1 Å². The van der Waals surface area contributed by atoms with Crippen LogP contribution >= 0.6 is 31.9 Å². The predicted octanol–water partition coefficient (Wildman–Crippen LogP) is 5.21. The fourth-order valence-corrected chi connectivity index (χ4v) is 2.89. The van der Waals surface area contributed by atoms with E-state index in [1.807, 2.05) is 31.3 Å². The molecular weight excluding hydrogens is 401 g/mol. The van der Waals surface area contributed by atoms with Crippen molar-refractivity contribution in [1.29, 1.82) is 0 Å². The Labute approximate surface area is 141 Å². The van der Waals surface area contributed by atoms with E-state index < -0.39 is 0 Å². The van der Waals surface area contributed by atoms with Gasteiger partial charge in [-0.2, -0.15) is 0 Å². The topological polar surface area (TPSA) is 21.3 Å². The van der Waals surface area contributed by atoms with Gasteiger partial charge in [-0.1, -0.05) is 31.9 Å². The maximum absolute atomic E-state index is 13.4. The standard InChI is InChI=1S/C16H16Br2FNO/c1-10(20-2)15-8-12(17)3-4-16(15)21-9-11-5-13(18)7-14(19)6-11/h3-8,10,20H,9H2,1-2H3. The summed E-state index contributed by atoms with van der Waals surface area (Å²) in [6.07, 6.45) is 0. The van der Waals surface area contributed by atoms with E-state index in [0.717, 1.165) is 21.3 Å². The molecule has 0 aromatic heterocycles. The van der Waals surface area contributed by atoms with Gasteiger partial charge < -0.3 is 10.1 Å². The van der Waals surface area contributed by atoms with E-state index in [4.69, 9.17) is 4.74 Å². The summed E-state index contributed by atoms with van der Waals surface area (Å²) in [4.78, 5) is 0. The first-order valence-corrected chi connectivity index (χ1v) is 8.12. The van der Waals surface area contributed by atoms with Crippen molar-refractivity contribution in [3.8, 4) is 5.75 Å². The van der Waals surface area contributed by atoms with Crippen molar-refractivity contribution >= 4 is 31.9 Å². The highest BCUT2D eigenvalue weighted by atomic mass is 79.9. The third-order valence-electron chi connectivity index (χ3n) is 3.19. The molecular formula is C16H16Br2FNO. The van der Waals surface area contributed by atoms with Crippen molar-refractivity contribution in [2.45, 2.75) is 19.6 Å². The molecule has 1 unspecified atom stereocenters. The first-order chi connectivity index (χ1) is 9.99. The second-order valence-corrected chi connectivity index (χ2v) is 6.59. The lowest BCUT2D eigenvalue weighted by atomic mass is 10.1. The number of hydrogen-bond acceptors (Lipinski definition) is 2. The smallest absolute Gasteiger partial charge is 0.124 e. The molecule has 2 nitrogen and oxygen atoms in total. The molecule has 0 spiro atoms. The first kappa shape index (κ1) is 16.5. The highest BCUT2D eigenvalue weighted by Gasteiger charge is 2.11. The average molecular weight is 417 g/mol. The normalized spacial score (nSPS) is 12.2. The van der Waals surface area contributed by atoms with E-state index in [9.17, 15) is 4.39 Å². The molecule has 112 valence electrons. The second kappa shape index (κ2) is 7.38.